The lowest BCUT2D eigenvalue weighted by molar-refractivity contribution is 0.858. The molecule has 4 N–H and O–H groups in total. The molecule has 2 heterocycles. The van der Waals surface area contributed by atoms with Crippen molar-refractivity contribution in [1.82, 2.24) is 19.9 Å². The van der Waals surface area contributed by atoms with Gasteiger partial charge in [-0.05, 0) is 17.7 Å². The van der Waals surface area contributed by atoms with E-state index in [0.717, 1.165) is 0 Å². The minimum atomic E-state index is -0.894. The first-order valence-corrected chi connectivity index (χ1v) is 7.13. The van der Waals surface area contributed by atoms with Gasteiger partial charge in [-0.25, -0.2) is 9.59 Å². The number of hydrogen-bond acceptors (Lipinski definition) is 5. The zero-order valence-electron chi connectivity index (χ0n) is 12.6. The monoisotopic (exact) mass is 337 g/mol. The summed E-state index contributed by atoms with van der Waals surface area (Å²) in [6.07, 6.45) is 2.41. The second-order valence-electron chi connectivity index (χ2n) is 5.22. The van der Waals surface area contributed by atoms with E-state index >= 15 is 0 Å². The maximum Gasteiger partial charge on any atom is 0.325 e. The Kier molecular flexibility index (Phi) is 4.01. The Balaban J connectivity index is 2.33. The normalized spacial score (nSPS) is 10.6. The largest absolute Gasteiger partial charge is 0.325 e. The molecule has 3 rings (SSSR count). The molecule has 0 spiro atoms. The molecule has 0 fully saturated rings. The van der Waals surface area contributed by atoms with Crippen LogP contribution in [0.2, 0.25) is 0 Å². The van der Waals surface area contributed by atoms with E-state index in [0.29, 0.717) is 11.1 Å². The predicted molar refractivity (Wildman–Crippen MR) is 87.5 cm³/mol. The van der Waals surface area contributed by atoms with Gasteiger partial charge in [0.1, 0.15) is 0 Å². The van der Waals surface area contributed by atoms with Crippen LogP contribution in [0.1, 0.15) is 28.2 Å². The Morgan fingerprint density at radius 2 is 1.44 bits per heavy atom. The van der Waals surface area contributed by atoms with Crippen LogP contribution in [0.3, 0.4) is 0 Å². The highest BCUT2D eigenvalue weighted by atomic mass is 16.2. The maximum atomic E-state index is 12.2. The number of nitrogens with zero attached hydrogens (tertiary/aromatic N) is 1. The molecule has 2 aromatic heterocycles. The molecule has 0 aliphatic carbocycles. The van der Waals surface area contributed by atoms with Crippen LogP contribution in [0.15, 0.2) is 55.8 Å². The van der Waals surface area contributed by atoms with Crippen molar-refractivity contribution in [2.45, 2.75) is 5.92 Å². The fraction of sp³-hybridized carbons (Fsp3) is 0.0625. The summed E-state index contributed by atoms with van der Waals surface area (Å²) < 4.78 is 0. The van der Waals surface area contributed by atoms with E-state index in [-0.39, 0.29) is 11.1 Å². The molecule has 0 bridgehead atoms. The van der Waals surface area contributed by atoms with E-state index in [1.54, 1.807) is 18.2 Å². The van der Waals surface area contributed by atoms with Gasteiger partial charge in [0.25, 0.3) is 11.1 Å². The fourth-order valence-corrected chi connectivity index (χ4v) is 2.58. The lowest BCUT2D eigenvalue weighted by Gasteiger charge is -2.16. The highest BCUT2D eigenvalue weighted by molar-refractivity contribution is 5.43. The summed E-state index contributed by atoms with van der Waals surface area (Å²) in [5.41, 5.74) is -1.73. The SMILES string of the molecule is N#Cc1cccc(C(c2c[nH]c(=O)[nH]c2=O)c2c[nH]c(=O)[nH]c2=O)c1. The van der Waals surface area contributed by atoms with Crippen molar-refractivity contribution in [3.63, 3.8) is 0 Å². The lowest BCUT2D eigenvalue weighted by atomic mass is 9.87. The quantitative estimate of drug-likeness (QED) is 0.506. The summed E-state index contributed by atoms with van der Waals surface area (Å²) >= 11 is 0. The Morgan fingerprint density at radius 1 is 0.880 bits per heavy atom. The topological polar surface area (TPSA) is 155 Å². The molecule has 0 aliphatic rings. The lowest BCUT2D eigenvalue weighted by Crippen LogP contribution is -2.31. The molecule has 0 aliphatic heterocycles. The van der Waals surface area contributed by atoms with Crippen molar-refractivity contribution in [3.05, 3.63) is 101 Å². The Bertz CT molecular complexity index is 1140. The van der Waals surface area contributed by atoms with Crippen LogP contribution >= 0.6 is 0 Å². The summed E-state index contributed by atoms with van der Waals surface area (Å²) in [7, 11) is 0. The standard InChI is InChI=1S/C16H11N5O4/c17-5-8-2-1-3-9(4-8)12(10-6-18-15(24)20-13(10)22)11-7-19-16(25)21-14(11)23/h1-4,6-7,12H,(H2,18,20,22,24)(H2,19,21,23,25). The molecule has 9 nitrogen and oxygen atoms in total. The van der Waals surface area contributed by atoms with Crippen LogP contribution in [0.4, 0.5) is 0 Å². The first kappa shape index (κ1) is 15.9. The Labute approximate surface area is 138 Å². The molecule has 1 aromatic carbocycles. The van der Waals surface area contributed by atoms with E-state index in [1.165, 1.54) is 18.5 Å². The molecule has 0 saturated carbocycles. The molecule has 0 unspecified atom stereocenters. The van der Waals surface area contributed by atoms with E-state index in [4.69, 9.17) is 5.26 Å². The minimum absolute atomic E-state index is 0.0900. The van der Waals surface area contributed by atoms with E-state index < -0.39 is 28.4 Å². The fourth-order valence-electron chi connectivity index (χ4n) is 2.58. The highest BCUT2D eigenvalue weighted by Crippen LogP contribution is 2.27. The number of benzene rings is 1. The van der Waals surface area contributed by atoms with Crippen molar-refractivity contribution >= 4 is 0 Å². The third-order valence-electron chi connectivity index (χ3n) is 3.67. The van der Waals surface area contributed by atoms with Crippen molar-refractivity contribution < 1.29 is 0 Å². The van der Waals surface area contributed by atoms with E-state index in [9.17, 15) is 19.2 Å². The third-order valence-corrected chi connectivity index (χ3v) is 3.67. The number of rotatable bonds is 3. The second kappa shape index (κ2) is 6.29. The maximum absolute atomic E-state index is 12.2. The minimum Gasteiger partial charge on any atom is -0.314 e. The number of hydrogen-bond donors (Lipinski definition) is 4. The van der Waals surface area contributed by atoms with Crippen LogP contribution in [-0.2, 0) is 0 Å². The van der Waals surface area contributed by atoms with E-state index in [2.05, 4.69) is 19.9 Å². The smallest absolute Gasteiger partial charge is 0.314 e. The average Bonchev–Trinajstić information content (AvgIpc) is 2.59. The molecule has 0 saturated heterocycles. The molecular formula is C16H11N5O4. The number of nitriles is 1. The zero-order chi connectivity index (χ0) is 18.0. The predicted octanol–water partition coefficient (Wildman–Crippen LogP) is -0.508. The van der Waals surface area contributed by atoms with Crippen LogP contribution in [0.5, 0.6) is 0 Å². The Hall–Kier alpha value is -3.93. The number of nitrogens with one attached hydrogen (secondary N) is 4. The summed E-state index contributed by atoms with van der Waals surface area (Å²) in [4.78, 5) is 56.0. The molecule has 25 heavy (non-hydrogen) atoms. The van der Waals surface area contributed by atoms with Crippen molar-refractivity contribution in [2.75, 3.05) is 0 Å². The van der Waals surface area contributed by atoms with Gasteiger partial charge in [0.15, 0.2) is 0 Å². The van der Waals surface area contributed by atoms with Gasteiger partial charge in [0.05, 0.1) is 11.6 Å². The third kappa shape index (κ3) is 3.09. The highest BCUT2D eigenvalue weighted by Gasteiger charge is 2.23. The number of aromatic nitrogens is 4. The average molecular weight is 337 g/mol. The van der Waals surface area contributed by atoms with Gasteiger partial charge < -0.3 is 9.97 Å². The molecule has 124 valence electrons. The number of H-pyrrole nitrogens is 4. The van der Waals surface area contributed by atoms with Crippen molar-refractivity contribution in [1.29, 1.82) is 5.26 Å². The van der Waals surface area contributed by atoms with Crippen molar-refractivity contribution in [2.24, 2.45) is 0 Å². The molecule has 9 heteroatoms. The van der Waals surface area contributed by atoms with Crippen LogP contribution in [0.25, 0.3) is 0 Å². The summed E-state index contributed by atoms with van der Waals surface area (Å²) in [5, 5.41) is 9.09. The van der Waals surface area contributed by atoms with Gasteiger partial charge in [-0.15, -0.1) is 0 Å². The van der Waals surface area contributed by atoms with Crippen LogP contribution < -0.4 is 22.5 Å². The summed E-state index contributed by atoms with van der Waals surface area (Å²) in [6, 6.07) is 8.34. The van der Waals surface area contributed by atoms with Gasteiger partial charge >= 0.3 is 11.4 Å². The number of aromatic amines is 4. The van der Waals surface area contributed by atoms with Crippen LogP contribution in [0, 0.1) is 11.3 Å². The molecule has 0 amide bonds. The van der Waals surface area contributed by atoms with E-state index in [1.807, 2.05) is 6.07 Å². The molecule has 0 atom stereocenters. The zero-order valence-corrected chi connectivity index (χ0v) is 12.6. The summed E-state index contributed by atoms with van der Waals surface area (Å²) in [6.45, 7) is 0. The second-order valence-corrected chi connectivity index (χ2v) is 5.22. The van der Waals surface area contributed by atoms with Gasteiger partial charge in [0.2, 0.25) is 0 Å². The molecule has 0 radical (unpaired) electrons. The van der Waals surface area contributed by atoms with Gasteiger partial charge in [-0.2, -0.15) is 5.26 Å². The first-order chi connectivity index (χ1) is 12.0. The van der Waals surface area contributed by atoms with Gasteiger partial charge in [-0.3, -0.25) is 19.6 Å². The van der Waals surface area contributed by atoms with Gasteiger partial charge in [0, 0.05) is 29.4 Å². The molecule has 3 aromatic rings. The van der Waals surface area contributed by atoms with Gasteiger partial charge in [-0.1, -0.05) is 12.1 Å². The van der Waals surface area contributed by atoms with Crippen LogP contribution in [-0.4, -0.2) is 19.9 Å². The first-order valence-electron chi connectivity index (χ1n) is 7.13. The van der Waals surface area contributed by atoms with Crippen molar-refractivity contribution in [3.8, 4) is 6.07 Å². The molecular weight excluding hydrogens is 326 g/mol. The summed E-state index contributed by atoms with van der Waals surface area (Å²) in [5.74, 6) is -0.894. The Morgan fingerprint density at radius 3 is 1.92 bits per heavy atom.